The van der Waals surface area contributed by atoms with Gasteiger partial charge in [0.2, 0.25) is 17.5 Å². The fourth-order valence-electron chi connectivity index (χ4n) is 11.2. The number of piperazine rings is 1. The highest BCUT2D eigenvalue weighted by molar-refractivity contribution is 6.33. The molecule has 4 saturated heterocycles. The minimum atomic E-state index is -0.603. The zero-order valence-electron chi connectivity index (χ0n) is 34.0. The molecule has 5 aliphatic heterocycles. The van der Waals surface area contributed by atoms with Gasteiger partial charge in [-0.1, -0.05) is 45.4 Å². The Morgan fingerprint density at radius 2 is 1.76 bits per heavy atom. The number of anilines is 2. The van der Waals surface area contributed by atoms with Crippen LogP contribution in [0.25, 0.3) is 4.85 Å². The molecule has 1 aliphatic carbocycles. The highest BCUT2D eigenvalue weighted by Gasteiger charge is 2.64. The minimum Gasteiger partial charge on any atom is -0.489 e. The number of amides is 4. The molecule has 2 aromatic carbocycles. The van der Waals surface area contributed by atoms with Gasteiger partial charge < -0.3 is 24.8 Å². The summed E-state index contributed by atoms with van der Waals surface area (Å²) in [4.78, 5) is 68.1. The predicted octanol–water partition coefficient (Wildman–Crippen LogP) is 5.84. The number of nitrogens with zero attached hydrogens (tertiary/aromatic N) is 6. The van der Waals surface area contributed by atoms with Gasteiger partial charge in [-0.3, -0.25) is 29.4 Å². The summed E-state index contributed by atoms with van der Waals surface area (Å²) >= 11 is 6.27. The van der Waals surface area contributed by atoms with E-state index in [1.165, 1.54) is 0 Å². The van der Waals surface area contributed by atoms with Gasteiger partial charge in [-0.15, -0.1) is 0 Å². The third-order valence-electron chi connectivity index (χ3n) is 14.0. The summed E-state index contributed by atoms with van der Waals surface area (Å²) in [7, 11) is 0. The van der Waals surface area contributed by atoms with Crippen LogP contribution < -0.4 is 25.2 Å². The van der Waals surface area contributed by atoms with Gasteiger partial charge in [0.05, 0.1) is 17.2 Å². The highest BCUT2D eigenvalue weighted by atomic mass is 35.5. The summed E-state index contributed by atoms with van der Waals surface area (Å²) < 4.78 is 6.39. The summed E-state index contributed by atoms with van der Waals surface area (Å²) in [5.41, 5.74) is 2.95. The topological polar surface area (TPSA) is 132 Å². The van der Waals surface area contributed by atoms with E-state index in [4.69, 9.17) is 27.9 Å². The summed E-state index contributed by atoms with van der Waals surface area (Å²) in [6, 6.07) is 15.3. The van der Waals surface area contributed by atoms with Crippen molar-refractivity contribution < 1.29 is 23.9 Å². The summed E-state index contributed by atoms with van der Waals surface area (Å²) in [5, 5.41) is 6.01. The lowest BCUT2D eigenvalue weighted by atomic mass is 9.49. The van der Waals surface area contributed by atoms with Crippen molar-refractivity contribution >= 4 is 52.4 Å². The number of aromatic nitrogens is 1. The van der Waals surface area contributed by atoms with E-state index in [-0.39, 0.29) is 53.0 Å². The minimum absolute atomic E-state index is 0.134. The average Bonchev–Trinajstić information content (AvgIpc) is 3.91. The molecule has 9 rings (SSSR count). The molecule has 0 radical (unpaired) electrons. The molecule has 5 fully saturated rings. The van der Waals surface area contributed by atoms with E-state index >= 15 is 0 Å². The molecule has 0 spiro atoms. The molecule has 59 heavy (non-hydrogen) atoms. The summed E-state index contributed by atoms with van der Waals surface area (Å²) in [5.74, 6) is 1.17. The Morgan fingerprint density at radius 3 is 2.42 bits per heavy atom. The number of rotatable bonds is 9. The molecule has 2 bridgehead atoms. The van der Waals surface area contributed by atoms with Gasteiger partial charge in [0.15, 0.2) is 0 Å². The van der Waals surface area contributed by atoms with Crippen molar-refractivity contribution in [2.45, 2.75) is 96.6 Å². The number of imide groups is 1. The number of likely N-dealkylation sites (tertiary alicyclic amines) is 1. The zero-order valence-corrected chi connectivity index (χ0v) is 34.8. The van der Waals surface area contributed by atoms with Crippen molar-refractivity contribution in [3.8, 4) is 5.75 Å². The van der Waals surface area contributed by atoms with Crippen molar-refractivity contribution in [3.63, 3.8) is 0 Å². The summed E-state index contributed by atoms with van der Waals surface area (Å²) in [6.07, 6.45) is 5.45. The molecule has 3 atom stereocenters. The highest BCUT2D eigenvalue weighted by Crippen LogP contribution is 2.56. The molecule has 6 heterocycles. The first kappa shape index (κ1) is 39.3. The van der Waals surface area contributed by atoms with Gasteiger partial charge in [-0.05, 0) is 79.6 Å². The van der Waals surface area contributed by atoms with Gasteiger partial charge in [-0.2, -0.15) is 0 Å². The van der Waals surface area contributed by atoms with Crippen LogP contribution in [0.1, 0.15) is 86.1 Å². The van der Waals surface area contributed by atoms with Gasteiger partial charge in [-0.25, -0.2) is 9.83 Å². The molecule has 308 valence electrons. The maximum atomic E-state index is 13.5. The van der Waals surface area contributed by atoms with Crippen LogP contribution in [0.2, 0.25) is 5.02 Å². The maximum absolute atomic E-state index is 13.5. The smallest absolute Gasteiger partial charge is 0.255 e. The van der Waals surface area contributed by atoms with Crippen molar-refractivity contribution in [1.29, 1.82) is 0 Å². The number of nitrogens with one attached hydrogen (secondary N) is 2. The number of halogens is 1. The summed E-state index contributed by atoms with van der Waals surface area (Å²) in [6.45, 7) is 21.0. The molecule has 6 aliphatic rings. The normalized spacial score (nSPS) is 27.3. The quantitative estimate of drug-likeness (QED) is 0.202. The van der Waals surface area contributed by atoms with Crippen LogP contribution in [0, 0.1) is 23.3 Å². The SMILES string of the molecule is [C-]#[N+]c1ccc(OC2C(C)(C)C(NC(=O)c3ccc(N4CCC(CN5C[C@@H]6C[C@H]5CN6c5ccc6c(c5)CN(C5CCC(=O)NC5=O)C6=O)CC4)nc3)C2(C)C)cc1Cl. The van der Waals surface area contributed by atoms with E-state index in [1.54, 1.807) is 29.3 Å². The number of pyridine rings is 1. The number of fused-ring (bicyclic) bond motifs is 3. The van der Waals surface area contributed by atoms with Crippen LogP contribution in [0.5, 0.6) is 5.75 Å². The van der Waals surface area contributed by atoms with Crippen molar-refractivity contribution in [1.82, 2.24) is 25.4 Å². The maximum Gasteiger partial charge on any atom is 0.255 e. The van der Waals surface area contributed by atoms with Crippen LogP contribution in [-0.4, -0.2) is 101 Å². The molecule has 1 unspecified atom stereocenters. The van der Waals surface area contributed by atoms with Gasteiger partial charge >= 0.3 is 0 Å². The number of carbonyl (C=O) groups excluding carboxylic acids is 4. The lowest BCUT2D eigenvalue weighted by molar-refractivity contribution is -0.164. The molecule has 4 amide bonds. The Bertz CT molecular complexity index is 2230. The van der Waals surface area contributed by atoms with Gasteiger partial charge in [0, 0.05) is 92.1 Å². The standard InChI is InChI=1S/C45H51ClN8O5/c1-44(2)42(45(3,4)43(44)59-32-8-10-35(47-5)34(46)20-32)50-39(56)27-6-12-37(48-21-27)51-16-14-26(15-17-51)22-52-24-31-19-30(52)25-53(31)29-7-9-33-28(18-29)23-54(41(33)58)36-11-13-38(55)49-40(36)57/h6-10,12,18,20-21,26,30-31,36,42-43H,11,13-17,19,22-25H2,1-4H3,(H,50,56)(H,49,55,57)/t30-,31-,36?,42?,43?/m0/s1. The molecular formula is C45H51ClN8O5. The van der Waals surface area contributed by atoms with Gasteiger partial charge in [0.1, 0.15) is 23.7 Å². The van der Waals surface area contributed by atoms with Crippen LogP contribution in [0.4, 0.5) is 17.2 Å². The van der Waals surface area contributed by atoms with Crippen molar-refractivity contribution in [3.05, 3.63) is 87.9 Å². The number of hydrogen-bond acceptors (Lipinski definition) is 9. The molecule has 14 heteroatoms. The molecular weight excluding hydrogens is 768 g/mol. The van der Waals surface area contributed by atoms with E-state index in [9.17, 15) is 19.2 Å². The van der Waals surface area contributed by atoms with Gasteiger partial charge in [0.25, 0.3) is 11.8 Å². The van der Waals surface area contributed by atoms with E-state index < -0.39 is 6.04 Å². The molecule has 1 aromatic heterocycles. The Morgan fingerprint density at radius 1 is 0.983 bits per heavy atom. The predicted molar refractivity (Wildman–Crippen MR) is 224 cm³/mol. The number of piperidine rings is 2. The lowest BCUT2D eigenvalue weighted by Gasteiger charge is -2.63. The average molecular weight is 819 g/mol. The Kier molecular flexibility index (Phi) is 9.87. The number of hydrogen-bond donors (Lipinski definition) is 2. The van der Waals surface area contributed by atoms with E-state index in [1.807, 2.05) is 18.2 Å². The Balaban J connectivity index is 0.739. The first-order valence-electron chi connectivity index (χ1n) is 20.8. The first-order valence-corrected chi connectivity index (χ1v) is 21.2. The van der Waals surface area contributed by atoms with Crippen LogP contribution in [0.15, 0.2) is 54.7 Å². The second-order valence-corrected chi connectivity index (χ2v) is 18.9. The van der Waals surface area contributed by atoms with Crippen LogP contribution in [0.3, 0.4) is 0 Å². The van der Waals surface area contributed by atoms with E-state index in [0.717, 1.165) is 69.1 Å². The Hall–Kier alpha value is -5.19. The Labute approximate surface area is 350 Å². The first-order chi connectivity index (χ1) is 28.2. The van der Waals surface area contributed by atoms with Crippen LogP contribution in [-0.2, 0) is 16.1 Å². The number of ether oxygens (including phenoxy) is 1. The number of benzene rings is 2. The largest absolute Gasteiger partial charge is 0.489 e. The second kappa shape index (κ2) is 14.8. The monoisotopic (exact) mass is 818 g/mol. The third kappa shape index (κ3) is 6.97. The van der Waals surface area contributed by atoms with Crippen molar-refractivity contribution in [2.24, 2.45) is 16.7 Å². The molecule has 13 nitrogen and oxygen atoms in total. The third-order valence-corrected chi connectivity index (χ3v) is 14.3. The molecule has 3 aromatic rings. The van der Waals surface area contributed by atoms with E-state index in [0.29, 0.717) is 58.6 Å². The zero-order chi connectivity index (χ0) is 41.4. The second-order valence-electron chi connectivity index (χ2n) is 18.5. The van der Waals surface area contributed by atoms with Crippen molar-refractivity contribution in [2.75, 3.05) is 42.5 Å². The molecule has 1 saturated carbocycles. The van der Waals surface area contributed by atoms with E-state index in [2.05, 4.69) is 70.0 Å². The molecule has 2 N–H and O–H groups in total. The van der Waals surface area contributed by atoms with Crippen LogP contribution >= 0.6 is 11.6 Å². The fourth-order valence-corrected chi connectivity index (χ4v) is 11.4. The number of carbonyl (C=O) groups is 4. The lowest BCUT2D eigenvalue weighted by Crippen LogP contribution is -2.74. The fraction of sp³-hybridized carbons (Fsp3) is 0.511.